The molecule has 0 bridgehead atoms. The number of thioether (sulfide) groups is 1. The number of hydrogen-bond donors (Lipinski definition) is 2. The molecule has 0 saturated carbocycles. The van der Waals surface area contributed by atoms with E-state index in [0.717, 1.165) is 19.6 Å². The third kappa shape index (κ3) is 3.91. The van der Waals surface area contributed by atoms with Gasteiger partial charge in [-0.05, 0) is 52.4 Å². The molecule has 3 rings (SSSR count). The van der Waals surface area contributed by atoms with Crippen molar-refractivity contribution in [3.8, 4) is 0 Å². The molecule has 1 atom stereocenters. The summed E-state index contributed by atoms with van der Waals surface area (Å²) in [5.74, 6) is -1.20. The smallest absolute Gasteiger partial charge is 0.171 e. The average molecular weight is 448 g/mol. The van der Waals surface area contributed by atoms with Crippen LogP contribution in [-0.2, 0) is 6.42 Å². The molecule has 126 valence electrons. The fourth-order valence-electron chi connectivity index (χ4n) is 2.33. The minimum absolute atomic E-state index is 0.326. The van der Waals surface area contributed by atoms with E-state index in [1.54, 1.807) is 23.1 Å². The number of nitrogens with one attached hydrogen (secondary N) is 1. The van der Waals surface area contributed by atoms with Crippen molar-refractivity contribution >= 4 is 62.2 Å². The summed E-state index contributed by atoms with van der Waals surface area (Å²) in [6, 6.07) is 5.10. The van der Waals surface area contributed by atoms with Crippen LogP contribution in [0.2, 0.25) is 0 Å². The molecule has 2 heterocycles. The molecule has 0 aliphatic heterocycles. The van der Waals surface area contributed by atoms with Crippen LogP contribution in [0.5, 0.6) is 0 Å². The first-order valence-corrected chi connectivity index (χ1v) is 10.1. The lowest BCUT2D eigenvalue weighted by molar-refractivity contribution is 0.573. The van der Waals surface area contributed by atoms with Crippen molar-refractivity contribution in [2.75, 3.05) is 6.26 Å². The first-order chi connectivity index (χ1) is 11.5. The molecule has 1 aromatic carbocycles. The van der Waals surface area contributed by atoms with Gasteiger partial charge in [0.15, 0.2) is 9.99 Å². The fraction of sp³-hybridized carbons (Fsp3) is 0.200. The minimum atomic E-state index is -0.602. The van der Waals surface area contributed by atoms with Gasteiger partial charge in [-0.3, -0.25) is 4.72 Å². The van der Waals surface area contributed by atoms with Gasteiger partial charge in [0.1, 0.15) is 11.6 Å². The topological polar surface area (TPSA) is 37.8 Å². The summed E-state index contributed by atoms with van der Waals surface area (Å²) >= 11 is 10.8. The van der Waals surface area contributed by atoms with Gasteiger partial charge in [-0.2, -0.15) is 0 Å². The normalized spacial score (nSPS) is 12.7. The van der Waals surface area contributed by atoms with Gasteiger partial charge in [-0.25, -0.2) is 18.7 Å². The lowest BCUT2D eigenvalue weighted by Gasteiger charge is -2.16. The summed E-state index contributed by atoms with van der Waals surface area (Å²) in [7, 11) is 0. The summed E-state index contributed by atoms with van der Waals surface area (Å²) in [6.07, 6.45) is 2.30. The number of halogens is 3. The van der Waals surface area contributed by atoms with E-state index in [-0.39, 0.29) is 6.04 Å². The third-order valence-corrected chi connectivity index (χ3v) is 6.29. The Balaban J connectivity index is 1.97. The van der Waals surface area contributed by atoms with Crippen LogP contribution in [0.1, 0.15) is 17.3 Å². The van der Waals surface area contributed by atoms with E-state index in [1.807, 2.05) is 12.3 Å². The Kier molecular flexibility index (Phi) is 5.76. The second-order valence-corrected chi connectivity index (χ2v) is 8.22. The van der Waals surface area contributed by atoms with E-state index in [2.05, 4.69) is 43.4 Å². The largest absolute Gasteiger partial charge is 0.257 e. The van der Waals surface area contributed by atoms with Gasteiger partial charge in [-0.15, -0.1) is 11.3 Å². The van der Waals surface area contributed by atoms with Crippen molar-refractivity contribution < 1.29 is 8.78 Å². The van der Waals surface area contributed by atoms with Crippen molar-refractivity contribution in [1.82, 2.24) is 14.7 Å². The zero-order chi connectivity index (χ0) is 17.3. The molecule has 2 aromatic heterocycles. The highest BCUT2D eigenvalue weighted by Crippen LogP contribution is 2.33. The van der Waals surface area contributed by atoms with Gasteiger partial charge >= 0.3 is 0 Å². The first kappa shape index (κ1) is 18.1. The average Bonchev–Trinajstić information content (AvgIpc) is 2.93. The standard InChI is InChI=1S/C15H12BrF2N3S3/c1-23-15-20-14-12(24-15)6-10(16)13(19-14)11(21-22)4-7-2-8(17)5-9(18)3-7/h2-3,5-6,11,21-22H,4H2,1H3. The zero-order valence-electron chi connectivity index (χ0n) is 12.4. The number of nitrogens with zero attached hydrogens (tertiary/aromatic N) is 2. The van der Waals surface area contributed by atoms with Crippen LogP contribution in [0, 0.1) is 11.6 Å². The maximum Gasteiger partial charge on any atom is 0.171 e. The molecule has 0 saturated heterocycles. The van der Waals surface area contributed by atoms with Crippen LogP contribution in [0.25, 0.3) is 10.3 Å². The number of benzene rings is 1. The molecule has 0 radical (unpaired) electrons. The number of fused-ring (bicyclic) bond motifs is 1. The van der Waals surface area contributed by atoms with Crippen LogP contribution in [0.4, 0.5) is 8.78 Å². The number of thiazole rings is 1. The Morgan fingerprint density at radius 1 is 1.25 bits per heavy atom. The molecule has 0 aliphatic carbocycles. The second-order valence-electron chi connectivity index (χ2n) is 5.02. The molecule has 0 spiro atoms. The molecule has 1 unspecified atom stereocenters. The number of rotatable bonds is 5. The minimum Gasteiger partial charge on any atom is -0.257 e. The third-order valence-electron chi connectivity index (χ3n) is 3.37. The maximum atomic E-state index is 13.4. The van der Waals surface area contributed by atoms with Crippen LogP contribution >= 0.6 is 51.8 Å². The molecular formula is C15H12BrF2N3S3. The summed E-state index contributed by atoms with van der Waals surface area (Å²) in [5, 5.41) is 0. The first-order valence-electron chi connectivity index (χ1n) is 6.85. The number of pyridine rings is 1. The van der Waals surface area contributed by atoms with Crippen LogP contribution in [0.15, 0.2) is 33.1 Å². The van der Waals surface area contributed by atoms with Gasteiger partial charge in [0, 0.05) is 10.5 Å². The summed E-state index contributed by atoms with van der Waals surface area (Å²) in [5.41, 5.74) is 1.87. The van der Waals surface area contributed by atoms with Crippen molar-refractivity contribution in [1.29, 1.82) is 0 Å². The number of hydrogen-bond acceptors (Lipinski definition) is 6. The monoisotopic (exact) mass is 447 g/mol. The van der Waals surface area contributed by atoms with Gasteiger partial charge in [0.2, 0.25) is 0 Å². The molecule has 3 nitrogen and oxygen atoms in total. The van der Waals surface area contributed by atoms with E-state index < -0.39 is 11.6 Å². The highest BCUT2D eigenvalue weighted by molar-refractivity contribution is 9.10. The lowest BCUT2D eigenvalue weighted by Crippen LogP contribution is -2.17. The molecule has 0 aliphatic rings. The van der Waals surface area contributed by atoms with Crippen LogP contribution < -0.4 is 4.72 Å². The van der Waals surface area contributed by atoms with Gasteiger partial charge in [0.25, 0.3) is 0 Å². The maximum absolute atomic E-state index is 13.4. The Hall–Kier alpha value is -0.740. The highest BCUT2D eigenvalue weighted by Gasteiger charge is 2.19. The summed E-state index contributed by atoms with van der Waals surface area (Å²) in [4.78, 5) is 9.06. The van der Waals surface area contributed by atoms with Gasteiger partial charge in [0.05, 0.1) is 16.4 Å². The van der Waals surface area contributed by atoms with Gasteiger partial charge in [-0.1, -0.05) is 24.6 Å². The van der Waals surface area contributed by atoms with Crippen molar-refractivity contribution in [2.45, 2.75) is 16.8 Å². The number of thiol groups is 1. The Morgan fingerprint density at radius 2 is 1.96 bits per heavy atom. The Morgan fingerprint density at radius 3 is 2.58 bits per heavy atom. The number of aromatic nitrogens is 2. The van der Waals surface area contributed by atoms with Gasteiger partial charge < -0.3 is 0 Å². The fourth-order valence-corrected chi connectivity index (χ4v) is 4.75. The molecule has 3 aromatic rings. The van der Waals surface area contributed by atoms with E-state index in [9.17, 15) is 8.78 Å². The highest BCUT2D eigenvalue weighted by atomic mass is 79.9. The quantitative estimate of drug-likeness (QED) is 0.417. The van der Waals surface area contributed by atoms with Crippen LogP contribution in [0.3, 0.4) is 0 Å². The van der Waals surface area contributed by atoms with E-state index in [4.69, 9.17) is 0 Å². The molecule has 1 N–H and O–H groups in total. The van der Waals surface area contributed by atoms with Crippen molar-refractivity contribution in [3.05, 3.63) is 51.6 Å². The lowest BCUT2D eigenvalue weighted by atomic mass is 10.0. The Labute approximate surface area is 160 Å². The molecule has 0 fully saturated rings. The molecule has 9 heteroatoms. The van der Waals surface area contributed by atoms with E-state index in [0.29, 0.717) is 23.3 Å². The molecule has 0 amide bonds. The summed E-state index contributed by atoms with van der Waals surface area (Å²) in [6.45, 7) is 0. The van der Waals surface area contributed by atoms with E-state index >= 15 is 0 Å². The molecule has 24 heavy (non-hydrogen) atoms. The SMILES string of the molecule is CSc1nc2nc(C(Cc3cc(F)cc(F)c3)NS)c(Br)cc2s1. The Bertz CT molecular complexity index is 868. The molecular weight excluding hydrogens is 436 g/mol. The predicted octanol–water partition coefficient (Wildman–Crippen LogP) is 5.17. The van der Waals surface area contributed by atoms with Crippen LogP contribution in [-0.4, -0.2) is 16.2 Å². The summed E-state index contributed by atoms with van der Waals surface area (Å²) < 4.78 is 32.4. The predicted molar refractivity (Wildman–Crippen MR) is 102 cm³/mol. The van der Waals surface area contributed by atoms with E-state index in [1.165, 1.54) is 12.1 Å². The van der Waals surface area contributed by atoms with Crippen molar-refractivity contribution in [3.63, 3.8) is 0 Å². The van der Waals surface area contributed by atoms with Crippen molar-refractivity contribution in [2.24, 2.45) is 0 Å². The zero-order valence-corrected chi connectivity index (χ0v) is 16.5. The second kappa shape index (κ2) is 7.65.